The minimum Gasteiger partial charge on any atom is -0.457 e. The molecule has 0 radical (unpaired) electrons. The smallest absolute Gasteiger partial charge is 0.159 e. The van der Waals surface area contributed by atoms with E-state index in [2.05, 4.69) is 5.87 Å². The van der Waals surface area contributed by atoms with Crippen molar-refractivity contribution in [1.29, 1.82) is 0 Å². The fourth-order valence-corrected chi connectivity index (χ4v) is 1.35. The molecule has 0 fully saturated rings. The number of carbonyl (C=O) groups is 1. The molecule has 1 aromatic carbocycles. The van der Waals surface area contributed by atoms with Gasteiger partial charge in [-0.15, -0.1) is 4.90 Å². The van der Waals surface area contributed by atoms with Crippen LogP contribution in [-0.2, 0) is 14.6 Å². The van der Waals surface area contributed by atoms with E-state index in [1.165, 1.54) is 6.92 Å². The van der Waals surface area contributed by atoms with E-state index in [1.54, 1.807) is 24.3 Å². The summed E-state index contributed by atoms with van der Waals surface area (Å²) in [6.07, 6.45) is 0. The van der Waals surface area contributed by atoms with Crippen LogP contribution < -0.4 is 0 Å². The molecule has 0 spiro atoms. The first-order chi connectivity index (χ1) is 5.61. The van der Waals surface area contributed by atoms with Gasteiger partial charge in [-0.1, -0.05) is 24.3 Å². The molecule has 1 aromatic rings. The van der Waals surface area contributed by atoms with Gasteiger partial charge in [0.1, 0.15) is 0 Å². The normalized spacial score (nSPS) is 10.2. The topological polar surface area (TPSA) is 34.1 Å². The highest BCUT2D eigenvalue weighted by Crippen LogP contribution is 2.06. The van der Waals surface area contributed by atoms with Gasteiger partial charge < -0.3 is 4.21 Å². The first-order valence-corrected chi connectivity index (χ1v) is 4.75. The molecule has 0 saturated heterocycles. The molecule has 0 aliphatic carbocycles. The first kappa shape index (κ1) is 9.00. The molecule has 0 aliphatic heterocycles. The Hall–Kier alpha value is -1.09. The predicted octanol–water partition coefficient (Wildman–Crippen LogP) is 1.64. The van der Waals surface area contributed by atoms with Crippen LogP contribution in [0.1, 0.15) is 17.3 Å². The van der Waals surface area contributed by atoms with Crippen LogP contribution in [0.15, 0.2) is 29.2 Å². The number of ketones is 1. The summed E-state index contributed by atoms with van der Waals surface area (Å²) < 4.78 is 10.9. The van der Waals surface area contributed by atoms with Gasteiger partial charge in [0.2, 0.25) is 0 Å². The molecule has 64 valence electrons. The molecule has 0 saturated carbocycles. The highest BCUT2D eigenvalue weighted by molar-refractivity contribution is 7.82. The van der Waals surface area contributed by atoms with Gasteiger partial charge in [-0.2, -0.15) is 5.87 Å². The van der Waals surface area contributed by atoms with Crippen LogP contribution in [0.5, 0.6) is 0 Å². The van der Waals surface area contributed by atoms with Crippen molar-refractivity contribution in [3.63, 3.8) is 0 Å². The largest absolute Gasteiger partial charge is 0.457 e. The maximum atomic E-state index is 10.9. The summed E-state index contributed by atoms with van der Waals surface area (Å²) in [7, 11) is -1.26. The second kappa shape index (κ2) is 3.54. The van der Waals surface area contributed by atoms with Gasteiger partial charge in [-0.05, 0) is 6.92 Å². The van der Waals surface area contributed by atoms with Crippen molar-refractivity contribution >= 4 is 22.0 Å². The van der Waals surface area contributed by atoms with Crippen LogP contribution in [0.4, 0.5) is 0 Å². The molecule has 0 N–H and O–H groups in total. The molecule has 2 nitrogen and oxygen atoms in total. The lowest BCUT2D eigenvalue weighted by Gasteiger charge is -2.03. The van der Waals surface area contributed by atoms with E-state index in [0.717, 1.165) is 0 Å². The van der Waals surface area contributed by atoms with Crippen LogP contribution in [0, 0.1) is 0 Å². The lowest BCUT2D eigenvalue weighted by Crippen LogP contribution is -1.92. The van der Waals surface area contributed by atoms with Crippen molar-refractivity contribution in [2.75, 3.05) is 0 Å². The maximum absolute atomic E-state index is 10.9. The number of benzene rings is 1. The highest BCUT2D eigenvalue weighted by Gasteiger charge is 1.95. The van der Waals surface area contributed by atoms with Crippen molar-refractivity contribution in [2.24, 2.45) is 0 Å². The number of hydrogen-bond acceptors (Lipinski definition) is 3. The molecule has 3 heteroatoms. The van der Waals surface area contributed by atoms with Gasteiger partial charge in [0.25, 0.3) is 0 Å². The lowest BCUT2D eigenvalue weighted by atomic mass is 10.2. The highest BCUT2D eigenvalue weighted by atomic mass is 32.2. The Morgan fingerprint density at radius 1 is 1.50 bits per heavy atom. The predicted molar refractivity (Wildman–Crippen MR) is 49.9 cm³/mol. The summed E-state index contributed by atoms with van der Waals surface area (Å²) >= 11 is 0. The molecule has 1 rings (SSSR count). The maximum Gasteiger partial charge on any atom is 0.159 e. The van der Waals surface area contributed by atoms with Crippen LogP contribution >= 0.6 is 0 Å². The zero-order valence-electron chi connectivity index (χ0n) is 6.74. The Bertz CT molecular complexity index is 370. The molecule has 0 atom stereocenters. The SMILES string of the molecule is C=[S-](=O)c1cccc(C(C)=O)c1. The Morgan fingerprint density at radius 2 is 2.17 bits per heavy atom. The fraction of sp³-hybridized carbons (Fsp3) is 0.111. The molecule has 12 heavy (non-hydrogen) atoms. The van der Waals surface area contributed by atoms with E-state index >= 15 is 0 Å². The number of carbonyl (C=O) groups excluding carboxylic acids is 1. The third-order valence-electron chi connectivity index (χ3n) is 1.50. The summed E-state index contributed by atoms with van der Waals surface area (Å²) in [5.74, 6) is 3.34. The van der Waals surface area contributed by atoms with Gasteiger partial charge in [0.15, 0.2) is 5.78 Å². The van der Waals surface area contributed by atoms with Gasteiger partial charge >= 0.3 is 0 Å². The van der Waals surface area contributed by atoms with Crippen LogP contribution in [0.2, 0.25) is 0 Å². The first-order valence-electron chi connectivity index (χ1n) is 3.43. The molecule has 0 amide bonds. The van der Waals surface area contributed by atoms with E-state index in [9.17, 15) is 9.00 Å². The second-order valence-corrected chi connectivity index (χ2v) is 3.59. The molecule has 0 heterocycles. The number of rotatable bonds is 2. The summed E-state index contributed by atoms with van der Waals surface area (Å²) in [6.45, 7) is 1.48. The Kier molecular flexibility index (Phi) is 2.65. The van der Waals surface area contributed by atoms with Crippen molar-refractivity contribution in [3.05, 3.63) is 29.8 Å². The minimum atomic E-state index is -1.26. The summed E-state index contributed by atoms with van der Waals surface area (Å²) in [6, 6.07) is 6.69. The van der Waals surface area contributed by atoms with E-state index in [4.69, 9.17) is 0 Å². The Balaban J connectivity index is 3.21. The molecule has 0 aromatic heterocycles. The molecule has 0 bridgehead atoms. The zero-order valence-corrected chi connectivity index (χ0v) is 7.56. The standard InChI is InChI=1S/C9H9O2S/c1-7(10)8-4-3-5-9(6-8)12(2)11/h3-6H,2H2,1H3/q-1. The fourth-order valence-electron chi connectivity index (χ4n) is 0.857. The third-order valence-corrected chi connectivity index (χ3v) is 2.28. The molecule has 0 unspecified atom stereocenters. The monoisotopic (exact) mass is 181 g/mol. The quantitative estimate of drug-likeness (QED) is 0.395. The van der Waals surface area contributed by atoms with E-state index in [1.807, 2.05) is 0 Å². The van der Waals surface area contributed by atoms with Gasteiger partial charge in [0, 0.05) is 5.56 Å². The molecular weight excluding hydrogens is 172 g/mol. The van der Waals surface area contributed by atoms with Gasteiger partial charge in [0.05, 0.1) is 0 Å². The zero-order chi connectivity index (χ0) is 9.14. The number of hydrogen-bond donors (Lipinski definition) is 0. The van der Waals surface area contributed by atoms with E-state index < -0.39 is 10.4 Å². The summed E-state index contributed by atoms with van der Waals surface area (Å²) in [5, 5.41) is 0. The minimum absolute atomic E-state index is 0.0256. The van der Waals surface area contributed by atoms with Gasteiger partial charge in [-0.25, -0.2) is 0 Å². The second-order valence-electron chi connectivity index (χ2n) is 2.43. The third kappa shape index (κ3) is 1.95. The Labute approximate surface area is 73.3 Å². The molecular formula is C9H9O2S-. The number of Topliss-reactive ketones (excluding diaryl/α,β-unsaturated/α-hetero) is 1. The average molecular weight is 181 g/mol. The van der Waals surface area contributed by atoms with E-state index in [0.29, 0.717) is 10.5 Å². The van der Waals surface area contributed by atoms with Gasteiger partial charge in [-0.3, -0.25) is 15.2 Å². The molecule has 0 aliphatic rings. The van der Waals surface area contributed by atoms with Crippen LogP contribution in [0.3, 0.4) is 0 Å². The lowest BCUT2D eigenvalue weighted by molar-refractivity contribution is 0.101. The summed E-state index contributed by atoms with van der Waals surface area (Å²) in [4.78, 5) is 11.5. The van der Waals surface area contributed by atoms with Crippen molar-refractivity contribution in [2.45, 2.75) is 11.8 Å². The Morgan fingerprint density at radius 3 is 2.67 bits per heavy atom. The summed E-state index contributed by atoms with van der Waals surface area (Å²) in [5.41, 5.74) is 0.574. The van der Waals surface area contributed by atoms with Crippen LogP contribution in [-0.4, -0.2) is 11.7 Å². The van der Waals surface area contributed by atoms with E-state index in [-0.39, 0.29) is 5.78 Å². The van der Waals surface area contributed by atoms with Crippen molar-refractivity contribution in [1.82, 2.24) is 0 Å². The average Bonchev–Trinajstić information content (AvgIpc) is 2.04. The van der Waals surface area contributed by atoms with Crippen LogP contribution in [0.25, 0.3) is 0 Å². The van der Waals surface area contributed by atoms with Crippen molar-refractivity contribution in [3.8, 4) is 0 Å². The van der Waals surface area contributed by atoms with Crippen molar-refractivity contribution < 1.29 is 9.00 Å².